The van der Waals surface area contributed by atoms with Gasteiger partial charge in [0.05, 0.1) is 13.2 Å². The van der Waals surface area contributed by atoms with Gasteiger partial charge in [0, 0.05) is 18.0 Å². The molecule has 78 valence electrons. The molecule has 2 unspecified atom stereocenters. The van der Waals surface area contributed by atoms with E-state index >= 15 is 0 Å². The van der Waals surface area contributed by atoms with E-state index in [0.717, 1.165) is 25.7 Å². The molecule has 1 fully saturated rings. The summed E-state index contributed by atoms with van der Waals surface area (Å²) >= 11 is 0. The van der Waals surface area contributed by atoms with Crippen LogP contribution in [0.15, 0.2) is 0 Å². The third-order valence-corrected chi connectivity index (χ3v) is 3.25. The summed E-state index contributed by atoms with van der Waals surface area (Å²) in [4.78, 5) is 0. The van der Waals surface area contributed by atoms with E-state index in [4.69, 9.17) is 4.74 Å². The van der Waals surface area contributed by atoms with Gasteiger partial charge in [-0.25, -0.2) is 0 Å². The quantitative estimate of drug-likeness (QED) is 0.708. The van der Waals surface area contributed by atoms with Crippen molar-refractivity contribution >= 4 is 0 Å². The Balaban J connectivity index is 2.17. The van der Waals surface area contributed by atoms with E-state index in [2.05, 4.69) is 33.0 Å². The first-order chi connectivity index (χ1) is 6.07. The van der Waals surface area contributed by atoms with E-state index < -0.39 is 0 Å². The average Bonchev–Trinajstić information content (AvgIpc) is 2.09. The van der Waals surface area contributed by atoms with Crippen molar-refractivity contribution in [2.75, 3.05) is 19.8 Å². The van der Waals surface area contributed by atoms with Crippen LogP contribution < -0.4 is 5.32 Å². The second-order valence-corrected chi connectivity index (χ2v) is 4.86. The standard InChI is InChI=1S/C11H23NO/c1-5-9(2)10(3)12-6-11(4)7-13-8-11/h9-10,12H,5-8H2,1-4H3. The maximum absolute atomic E-state index is 5.22. The van der Waals surface area contributed by atoms with Gasteiger partial charge in [-0.15, -0.1) is 0 Å². The molecule has 2 nitrogen and oxygen atoms in total. The summed E-state index contributed by atoms with van der Waals surface area (Å²) in [5.41, 5.74) is 0.404. The molecule has 0 amide bonds. The predicted molar refractivity (Wildman–Crippen MR) is 55.8 cm³/mol. The third kappa shape index (κ3) is 2.96. The van der Waals surface area contributed by atoms with E-state index in [0.29, 0.717) is 11.5 Å². The van der Waals surface area contributed by atoms with Gasteiger partial charge in [-0.1, -0.05) is 27.2 Å². The number of hydrogen-bond donors (Lipinski definition) is 1. The molecular weight excluding hydrogens is 162 g/mol. The van der Waals surface area contributed by atoms with Crippen LogP contribution in [-0.4, -0.2) is 25.8 Å². The Bertz CT molecular complexity index is 154. The Morgan fingerprint density at radius 1 is 1.38 bits per heavy atom. The summed E-state index contributed by atoms with van der Waals surface area (Å²) in [5, 5.41) is 3.60. The van der Waals surface area contributed by atoms with Gasteiger partial charge in [0.2, 0.25) is 0 Å². The molecule has 0 saturated carbocycles. The van der Waals surface area contributed by atoms with Crippen LogP contribution in [0.2, 0.25) is 0 Å². The number of hydrogen-bond acceptors (Lipinski definition) is 2. The van der Waals surface area contributed by atoms with Crippen molar-refractivity contribution in [1.82, 2.24) is 5.32 Å². The normalized spacial score (nSPS) is 24.9. The fraction of sp³-hybridized carbons (Fsp3) is 1.00. The summed E-state index contributed by atoms with van der Waals surface area (Å²) in [6.07, 6.45) is 1.25. The van der Waals surface area contributed by atoms with Crippen LogP contribution in [0.4, 0.5) is 0 Å². The van der Waals surface area contributed by atoms with Crippen molar-refractivity contribution in [2.24, 2.45) is 11.3 Å². The lowest BCUT2D eigenvalue weighted by molar-refractivity contribution is -0.100. The summed E-state index contributed by atoms with van der Waals surface area (Å²) in [7, 11) is 0. The highest BCUT2D eigenvalue weighted by Gasteiger charge is 2.33. The summed E-state index contributed by atoms with van der Waals surface area (Å²) < 4.78 is 5.22. The van der Waals surface area contributed by atoms with Crippen LogP contribution in [0, 0.1) is 11.3 Å². The summed E-state index contributed by atoms with van der Waals surface area (Å²) in [6, 6.07) is 0.627. The third-order valence-electron chi connectivity index (χ3n) is 3.25. The fourth-order valence-electron chi connectivity index (χ4n) is 1.51. The zero-order valence-corrected chi connectivity index (χ0v) is 9.39. The van der Waals surface area contributed by atoms with Crippen molar-refractivity contribution in [3.63, 3.8) is 0 Å². The highest BCUT2D eigenvalue weighted by molar-refractivity contribution is 4.84. The van der Waals surface area contributed by atoms with Crippen molar-refractivity contribution in [3.05, 3.63) is 0 Å². The van der Waals surface area contributed by atoms with Crippen molar-refractivity contribution in [3.8, 4) is 0 Å². The van der Waals surface area contributed by atoms with E-state index in [1.165, 1.54) is 6.42 Å². The van der Waals surface area contributed by atoms with Gasteiger partial charge in [0.15, 0.2) is 0 Å². The summed E-state index contributed by atoms with van der Waals surface area (Å²) in [6.45, 7) is 12.1. The topological polar surface area (TPSA) is 21.3 Å². The van der Waals surface area contributed by atoms with Crippen molar-refractivity contribution < 1.29 is 4.74 Å². The molecule has 0 radical (unpaired) electrons. The molecule has 0 bridgehead atoms. The molecule has 1 aliphatic heterocycles. The Hall–Kier alpha value is -0.0800. The molecule has 0 aromatic heterocycles. The molecular formula is C11H23NO. The molecule has 1 saturated heterocycles. The number of nitrogens with one attached hydrogen (secondary N) is 1. The second-order valence-electron chi connectivity index (χ2n) is 4.86. The molecule has 2 atom stereocenters. The SMILES string of the molecule is CCC(C)C(C)NCC1(C)COC1. The minimum atomic E-state index is 0.404. The molecule has 13 heavy (non-hydrogen) atoms. The summed E-state index contributed by atoms with van der Waals surface area (Å²) in [5.74, 6) is 0.768. The maximum atomic E-state index is 5.22. The Labute approximate surface area is 82.0 Å². The second kappa shape index (κ2) is 4.43. The molecule has 1 rings (SSSR count). The van der Waals surface area contributed by atoms with Gasteiger partial charge in [0.1, 0.15) is 0 Å². The molecule has 0 aromatic rings. The van der Waals surface area contributed by atoms with Crippen LogP contribution in [0.3, 0.4) is 0 Å². The van der Waals surface area contributed by atoms with E-state index in [1.54, 1.807) is 0 Å². The lowest BCUT2D eigenvalue weighted by atomic mass is 9.88. The minimum absolute atomic E-state index is 0.404. The molecule has 1 aliphatic rings. The van der Waals surface area contributed by atoms with Crippen LogP contribution in [0.5, 0.6) is 0 Å². The first-order valence-electron chi connectivity index (χ1n) is 5.38. The molecule has 0 aliphatic carbocycles. The lowest BCUT2D eigenvalue weighted by Gasteiger charge is -2.39. The van der Waals surface area contributed by atoms with Crippen LogP contribution in [-0.2, 0) is 4.74 Å². The first kappa shape index (κ1) is 11.0. The van der Waals surface area contributed by atoms with Gasteiger partial charge in [-0.05, 0) is 12.8 Å². The largest absolute Gasteiger partial charge is 0.380 e. The zero-order valence-electron chi connectivity index (χ0n) is 9.39. The molecule has 1 N–H and O–H groups in total. The minimum Gasteiger partial charge on any atom is -0.380 e. The van der Waals surface area contributed by atoms with Crippen LogP contribution in [0.1, 0.15) is 34.1 Å². The van der Waals surface area contributed by atoms with Gasteiger partial charge in [-0.3, -0.25) is 0 Å². The van der Waals surface area contributed by atoms with Crippen LogP contribution >= 0.6 is 0 Å². The Morgan fingerprint density at radius 2 is 2.00 bits per heavy atom. The van der Waals surface area contributed by atoms with Crippen molar-refractivity contribution in [1.29, 1.82) is 0 Å². The fourth-order valence-corrected chi connectivity index (χ4v) is 1.51. The van der Waals surface area contributed by atoms with E-state index in [1.807, 2.05) is 0 Å². The van der Waals surface area contributed by atoms with E-state index in [9.17, 15) is 0 Å². The Kier molecular flexibility index (Phi) is 3.74. The molecule has 2 heteroatoms. The van der Waals surface area contributed by atoms with Gasteiger partial charge in [0.25, 0.3) is 0 Å². The van der Waals surface area contributed by atoms with Crippen molar-refractivity contribution in [2.45, 2.75) is 40.2 Å². The molecule has 0 spiro atoms. The number of rotatable bonds is 5. The number of ether oxygens (including phenoxy) is 1. The van der Waals surface area contributed by atoms with Gasteiger partial charge < -0.3 is 10.1 Å². The Morgan fingerprint density at radius 3 is 2.38 bits per heavy atom. The molecule has 1 heterocycles. The van der Waals surface area contributed by atoms with Gasteiger partial charge >= 0.3 is 0 Å². The monoisotopic (exact) mass is 185 g/mol. The predicted octanol–water partition coefficient (Wildman–Crippen LogP) is 2.05. The van der Waals surface area contributed by atoms with E-state index in [-0.39, 0.29) is 0 Å². The highest BCUT2D eigenvalue weighted by Crippen LogP contribution is 2.25. The first-order valence-corrected chi connectivity index (χ1v) is 5.38. The molecule has 0 aromatic carbocycles. The smallest absolute Gasteiger partial charge is 0.0554 e. The lowest BCUT2D eigenvalue weighted by Crippen LogP contribution is -2.50. The maximum Gasteiger partial charge on any atom is 0.0554 e. The highest BCUT2D eigenvalue weighted by atomic mass is 16.5. The van der Waals surface area contributed by atoms with Gasteiger partial charge in [-0.2, -0.15) is 0 Å². The van der Waals surface area contributed by atoms with Crippen LogP contribution in [0.25, 0.3) is 0 Å². The average molecular weight is 185 g/mol. The zero-order chi connectivity index (χ0) is 9.90.